The van der Waals surface area contributed by atoms with Gasteiger partial charge in [0.1, 0.15) is 17.1 Å². The van der Waals surface area contributed by atoms with Gasteiger partial charge in [-0.1, -0.05) is 24.3 Å². The molecule has 37 heavy (non-hydrogen) atoms. The number of carbonyl (C=O) groups is 1. The zero-order valence-corrected chi connectivity index (χ0v) is 20.9. The first kappa shape index (κ1) is 26.8. The maximum Gasteiger partial charge on any atom is 0.304 e. The zero-order chi connectivity index (χ0) is 27.0. The van der Waals surface area contributed by atoms with Gasteiger partial charge in [0, 0.05) is 37.5 Å². The number of nitrogens with one attached hydrogen (secondary N) is 2. The number of hydrogen-bond acceptors (Lipinski definition) is 7. The van der Waals surface area contributed by atoms with Crippen molar-refractivity contribution >= 4 is 21.6 Å². The number of aromatic nitrogens is 2. The molecular formula is C24H26F4N4O4S. The molecule has 2 aliphatic carbocycles. The van der Waals surface area contributed by atoms with Crippen molar-refractivity contribution < 1.29 is 35.5 Å². The minimum atomic E-state index is -3.53. The highest BCUT2D eigenvalue weighted by molar-refractivity contribution is 7.93. The van der Waals surface area contributed by atoms with E-state index in [9.17, 15) is 30.8 Å². The van der Waals surface area contributed by atoms with Crippen LogP contribution >= 0.6 is 0 Å². The van der Waals surface area contributed by atoms with Crippen LogP contribution in [-0.4, -0.2) is 48.6 Å². The maximum atomic E-state index is 14.3. The fourth-order valence-electron chi connectivity index (χ4n) is 3.81. The highest BCUT2D eigenvalue weighted by atomic mass is 32.2. The Morgan fingerprint density at radius 1 is 1.19 bits per heavy atom. The van der Waals surface area contributed by atoms with Crippen molar-refractivity contribution in [2.24, 2.45) is 5.92 Å². The Hall–Kier alpha value is -3.22. The fourth-order valence-corrected chi connectivity index (χ4v) is 4.26. The number of rotatable bonds is 10. The van der Waals surface area contributed by atoms with E-state index in [1.807, 2.05) is 0 Å². The Labute approximate surface area is 211 Å². The molecule has 1 atom stereocenters. The second-order valence-electron chi connectivity index (χ2n) is 9.48. The molecule has 2 aliphatic rings. The molecule has 0 bridgehead atoms. The van der Waals surface area contributed by atoms with Crippen molar-refractivity contribution in [1.29, 1.82) is 0 Å². The Morgan fingerprint density at radius 3 is 2.38 bits per heavy atom. The van der Waals surface area contributed by atoms with E-state index in [0.717, 1.165) is 24.5 Å². The van der Waals surface area contributed by atoms with Crippen molar-refractivity contribution in [3.8, 4) is 11.6 Å². The number of benzene rings is 1. The number of anilines is 1. The van der Waals surface area contributed by atoms with E-state index < -0.39 is 64.2 Å². The fraction of sp³-hybridized carbons (Fsp3) is 0.458. The third-order valence-corrected chi connectivity index (χ3v) is 6.50. The summed E-state index contributed by atoms with van der Waals surface area (Å²) < 4.78 is 84.5. The second kappa shape index (κ2) is 9.92. The summed E-state index contributed by atoms with van der Waals surface area (Å²) in [5, 5.41) is 6.35. The van der Waals surface area contributed by atoms with E-state index in [1.54, 1.807) is 18.2 Å². The lowest BCUT2D eigenvalue weighted by Gasteiger charge is -2.36. The van der Waals surface area contributed by atoms with Crippen LogP contribution in [0.25, 0.3) is 0 Å². The van der Waals surface area contributed by atoms with Crippen LogP contribution < -0.4 is 15.4 Å². The van der Waals surface area contributed by atoms with Crippen LogP contribution in [0.15, 0.2) is 41.8 Å². The Balaban J connectivity index is 1.75. The quantitative estimate of drug-likeness (QED) is 0.421. The molecule has 2 aromatic rings. The van der Waals surface area contributed by atoms with Crippen molar-refractivity contribution in [1.82, 2.24) is 15.3 Å². The standard InChI is InChI=1S/C24H26F4N4O4S/c1-23(25,26)22-31-19(29-15-12-24(27,28)13-15)18(21(32-22)36-16-6-4-3-5-7-16)20(33)30-17(14-8-9-14)10-11-37(2,34)35/h3-7,10-11,14-15,17H,8-9,12-13H2,1-2H3,(H,30,33)(H,29,31,32)/b11-10+/t17-/m1/s1. The van der Waals surface area contributed by atoms with Gasteiger partial charge in [0.05, 0.1) is 6.04 Å². The number of amides is 1. The minimum Gasteiger partial charge on any atom is -0.438 e. The molecule has 2 saturated carbocycles. The van der Waals surface area contributed by atoms with Gasteiger partial charge >= 0.3 is 5.92 Å². The smallest absolute Gasteiger partial charge is 0.304 e. The molecule has 2 N–H and O–H groups in total. The molecule has 1 amide bonds. The van der Waals surface area contributed by atoms with E-state index >= 15 is 0 Å². The molecule has 8 nitrogen and oxygen atoms in total. The van der Waals surface area contributed by atoms with Crippen LogP contribution in [0.5, 0.6) is 11.6 Å². The molecule has 2 fully saturated rings. The van der Waals surface area contributed by atoms with E-state index in [0.29, 0.717) is 6.92 Å². The lowest BCUT2D eigenvalue weighted by atomic mass is 9.88. The van der Waals surface area contributed by atoms with Gasteiger partial charge in [0.25, 0.3) is 11.8 Å². The Bertz CT molecular complexity index is 1290. The summed E-state index contributed by atoms with van der Waals surface area (Å²) in [5.41, 5.74) is -0.356. The molecule has 4 rings (SSSR count). The van der Waals surface area contributed by atoms with Gasteiger partial charge in [-0.25, -0.2) is 22.2 Å². The number of carbonyl (C=O) groups excluding carboxylic acids is 1. The van der Waals surface area contributed by atoms with Gasteiger partial charge < -0.3 is 15.4 Å². The average Bonchev–Trinajstić information content (AvgIpc) is 3.60. The first-order valence-electron chi connectivity index (χ1n) is 11.6. The van der Waals surface area contributed by atoms with E-state index in [4.69, 9.17) is 4.74 Å². The van der Waals surface area contributed by atoms with Crippen LogP contribution in [0, 0.1) is 5.92 Å². The third-order valence-electron chi connectivity index (χ3n) is 5.84. The van der Waals surface area contributed by atoms with Crippen LogP contribution in [0.1, 0.15) is 48.8 Å². The van der Waals surface area contributed by atoms with Gasteiger partial charge in [0.15, 0.2) is 9.84 Å². The molecule has 0 unspecified atom stereocenters. The number of ether oxygens (including phenoxy) is 1. The molecule has 1 aromatic heterocycles. The van der Waals surface area contributed by atoms with Crippen molar-refractivity contribution in [2.45, 2.75) is 56.5 Å². The number of sulfone groups is 1. The molecule has 0 radical (unpaired) electrons. The molecule has 1 heterocycles. The van der Waals surface area contributed by atoms with E-state index in [-0.39, 0.29) is 23.0 Å². The van der Waals surface area contributed by atoms with Crippen molar-refractivity contribution in [3.63, 3.8) is 0 Å². The van der Waals surface area contributed by atoms with Gasteiger partial charge in [-0.2, -0.15) is 13.8 Å². The SMILES string of the molecule is CC(F)(F)c1nc(NC2CC(F)(F)C2)c(C(=O)N[C@H](/C=C/S(C)(=O)=O)C2CC2)c(Oc2ccccc2)n1. The van der Waals surface area contributed by atoms with Gasteiger partial charge in [-0.3, -0.25) is 4.79 Å². The molecule has 0 saturated heterocycles. The van der Waals surface area contributed by atoms with Gasteiger partial charge in [-0.15, -0.1) is 0 Å². The summed E-state index contributed by atoms with van der Waals surface area (Å²) in [7, 11) is -3.48. The second-order valence-corrected chi connectivity index (χ2v) is 11.4. The van der Waals surface area contributed by atoms with Crippen molar-refractivity contribution in [3.05, 3.63) is 53.2 Å². The molecule has 0 spiro atoms. The molecule has 200 valence electrons. The predicted octanol–water partition coefficient (Wildman–Crippen LogP) is 4.66. The summed E-state index contributed by atoms with van der Waals surface area (Å²) in [4.78, 5) is 21.1. The first-order valence-corrected chi connectivity index (χ1v) is 13.5. The topological polar surface area (TPSA) is 110 Å². The average molecular weight is 543 g/mol. The van der Waals surface area contributed by atoms with Crippen LogP contribution in [0.2, 0.25) is 0 Å². The zero-order valence-electron chi connectivity index (χ0n) is 20.0. The monoisotopic (exact) mass is 542 g/mol. The molecular weight excluding hydrogens is 516 g/mol. The predicted molar refractivity (Wildman–Crippen MR) is 128 cm³/mol. The lowest BCUT2D eigenvalue weighted by molar-refractivity contribution is -0.0794. The summed E-state index contributed by atoms with van der Waals surface area (Å²) in [6, 6.07) is 6.50. The largest absolute Gasteiger partial charge is 0.438 e. The normalized spacial score (nSPS) is 18.8. The number of para-hydroxylation sites is 1. The van der Waals surface area contributed by atoms with Crippen molar-refractivity contribution in [2.75, 3.05) is 11.6 Å². The first-order chi connectivity index (χ1) is 17.2. The third kappa shape index (κ3) is 7.18. The molecule has 0 aliphatic heterocycles. The Morgan fingerprint density at radius 2 is 1.84 bits per heavy atom. The van der Waals surface area contributed by atoms with Crippen LogP contribution in [0.3, 0.4) is 0 Å². The lowest BCUT2D eigenvalue weighted by Crippen LogP contribution is -2.45. The van der Waals surface area contributed by atoms with Crippen LogP contribution in [0.4, 0.5) is 23.4 Å². The molecule has 13 heteroatoms. The summed E-state index contributed by atoms with van der Waals surface area (Å²) in [6.45, 7) is 0.564. The highest BCUT2D eigenvalue weighted by Crippen LogP contribution is 2.41. The number of halogens is 4. The van der Waals surface area contributed by atoms with Crippen LogP contribution in [-0.2, 0) is 15.8 Å². The van der Waals surface area contributed by atoms with E-state index in [1.165, 1.54) is 18.2 Å². The van der Waals surface area contributed by atoms with Gasteiger partial charge in [0.2, 0.25) is 11.7 Å². The highest BCUT2D eigenvalue weighted by Gasteiger charge is 2.46. The number of nitrogens with zero attached hydrogens (tertiary/aromatic N) is 2. The summed E-state index contributed by atoms with van der Waals surface area (Å²) >= 11 is 0. The summed E-state index contributed by atoms with van der Waals surface area (Å²) in [6.07, 6.45) is 2.71. The number of hydrogen-bond donors (Lipinski definition) is 2. The van der Waals surface area contributed by atoms with E-state index in [2.05, 4.69) is 20.6 Å². The minimum absolute atomic E-state index is 0.0256. The van der Waals surface area contributed by atoms with Gasteiger partial charge in [-0.05, 0) is 30.9 Å². The Kier molecular flexibility index (Phi) is 7.19. The number of alkyl halides is 4. The molecule has 1 aromatic carbocycles. The summed E-state index contributed by atoms with van der Waals surface area (Å²) in [5.74, 6) is -8.94. The maximum absolute atomic E-state index is 14.3.